The summed E-state index contributed by atoms with van der Waals surface area (Å²) in [5.74, 6) is 4.55. The summed E-state index contributed by atoms with van der Waals surface area (Å²) in [6.07, 6.45) is 25.1. The van der Waals surface area contributed by atoms with Gasteiger partial charge in [0.1, 0.15) is 5.82 Å². The number of hydrogen-bond donors (Lipinski definition) is 0. The Labute approximate surface area is 214 Å². The van der Waals surface area contributed by atoms with Gasteiger partial charge in [-0.15, -0.1) is 0 Å². The van der Waals surface area contributed by atoms with Crippen LogP contribution in [0.1, 0.15) is 128 Å². The van der Waals surface area contributed by atoms with Crippen LogP contribution in [-0.2, 0) is 6.42 Å². The molecule has 2 saturated carbocycles. The molecule has 0 heterocycles. The van der Waals surface area contributed by atoms with E-state index in [0.29, 0.717) is 5.02 Å². The van der Waals surface area contributed by atoms with E-state index in [1.807, 2.05) is 12.1 Å². The van der Waals surface area contributed by atoms with E-state index in [1.54, 1.807) is 0 Å². The summed E-state index contributed by atoms with van der Waals surface area (Å²) in [6, 6.07) is 4.01. The van der Waals surface area contributed by atoms with Crippen LogP contribution in [0.3, 0.4) is 0 Å². The van der Waals surface area contributed by atoms with Gasteiger partial charge in [-0.1, -0.05) is 88.6 Å². The third-order valence-corrected chi connectivity index (χ3v) is 10.1. The Balaban J connectivity index is 1.23. The monoisotopic (exact) mass is 486 g/mol. The van der Waals surface area contributed by atoms with Crippen molar-refractivity contribution >= 4 is 17.2 Å². The highest BCUT2D eigenvalue weighted by atomic mass is 35.5. The fourth-order valence-corrected chi connectivity index (χ4v) is 7.81. The molecule has 2 heteroatoms. The Bertz CT molecular complexity index is 795. The van der Waals surface area contributed by atoms with Crippen LogP contribution in [0.4, 0.5) is 4.39 Å². The predicted octanol–water partition coefficient (Wildman–Crippen LogP) is 10.8. The number of aryl methyl sites for hydroxylation is 1. The van der Waals surface area contributed by atoms with E-state index < -0.39 is 0 Å². The number of allylic oxidation sites excluding steroid dienone is 2. The second-order valence-electron chi connectivity index (χ2n) is 11.9. The van der Waals surface area contributed by atoms with Crippen LogP contribution < -0.4 is 0 Å². The maximum Gasteiger partial charge on any atom is 0.149 e. The number of unbranched alkanes of at least 4 members (excludes halogenated alkanes) is 2. The van der Waals surface area contributed by atoms with Crippen molar-refractivity contribution in [3.63, 3.8) is 0 Å². The highest BCUT2D eigenvalue weighted by Crippen LogP contribution is 2.46. The zero-order valence-electron chi connectivity index (χ0n) is 21.9. The zero-order valence-corrected chi connectivity index (χ0v) is 22.7. The van der Waals surface area contributed by atoms with Crippen LogP contribution in [-0.4, -0.2) is 0 Å². The van der Waals surface area contributed by atoms with Gasteiger partial charge in [-0.2, -0.15) is 0 Å². The molecule has 0 radical (unpaired) electrons. The van der Waals surface area contributed by atoms with Crippen molar-refractivity contribution in [1.82, 2.24) is 0 Å². The molecule has 0 N–H and O–H groups in total. The molecule has 4 rings (SSSR count). The van der Waals surface area contributed by atoms with Crippen molar-refractivity contribution in [2.75, 3.05) is 0 Å². The molecule has 1 aromatic carbocycles. The fourth-order valence-electron chi connectivity index (χ4n) is 7.55. The maximum atomic E-state index is 15.0. The van der Waals surface area contributed by atoms with Crippen LogP contribution >= 0.6 is 11.6 Å². The topological polar surface area (TPSA) is 0 Å². The minimum absolute atomic E-state index is 0.196. The van der Waals surface area contributed by atoms with Crippen LogP contribution in [0.2, 0.25) is 5.02 Å². The van der Waals surface area contributed by atoms with E-state index in [2.05, 4.69) is 19.9 Å². The second-order valence-corrected chi connectivity index (χ2v) is 12.2. The Morgan fingerprint density at radius 1 is 0.794 bits per heavy atom. The van der Waals surface area contributed by atoms with Crippen LogP contribution in [0.5, 0.6) is 0 Å². The number of rotatable bonds is 9. The molecule has 0 bridgehead atoms. The highest BCUT2D eigenvalue weighted by Gasteiger charge is 2.34. The van der Waals surface area contributed by atoms with Gasteiger partial charge in [0.05, 0.1) is 5.02 Å². The lowest BCUT2D eigenvalue weighted by Gasteiger charge is -2.40. The quantitative estimate of drug-likeness (QED) is 0.304. The van der Waals surface area contributed by atoms with Crippen LogP contribution in [0, 0.1) is 35.4 Å². The molecule has 34 heavy (non-hydrogen) atoms. The van der Waals surface area contributed by atoms with Gasteiger partial charge in [0.2, 0.25) is 0 Å². The van der Waals surface area contributed by atoms with Crippen molar-refractivity contribution in [3.8, 4) is 0 Å². The molecule has 0 aromatic heterocycles. The summed E-state index contributed by atoms with van der Waals surface area (Å²) in [5, 5.41) is 0.343. The van der Waals surface area contributed by atoms with Gasteiger partial charge >= 0.3 is 0 Å². The third kappa shape index (κ3) is 6.48. The lowest BCUT2D eigenvalue weighted by molar-refractivity contribution is 0.120. The van der Waals surface area contributed by atoms with E-state index in [1.165, 1.54) is 89.0 Å². The normalized spacial score (nSPS) is 30.2. The average molecular weight is 487 g/mol. The molecule has 2 fully saturated rings. The molecule has 1 aromatic rings. The molecule has 3 aliphatic rings. The van der Waals surface area contributed by atoms with Crippen molar-refractivity contribution in [2.45, 2.75) is 123 Å². The first-order chi connectivity index (χ1) is 16.6. The third-order valence-electron chi connectivity index (χ3n) is 9.74. The van der Waals surface area contributed by atoms with Gasteiger partial charge in [-0.25, -0.2) is 4.39 Å². The van der Waals surface area contributed by atoms with E-state index in [-0.39, 0.29) is 5.82 Å². The molecule has 0 aliphatic heterocycles. The van der Waals surface area contributed by atoms with Crippen LogP contribution in [0.15, 0.2) is 18.2 Å². The first-order valence-electron chi connectivity index (χ1n) is 14.8. The molecular formula is C32H48ClF. The standard InChI is InChI=1S/C32H48ClF/c1-3-5-6-8-23-9-11-24(12-10-23)25-13-15-26(16-14-25)27-17-19-28(20-18-27)30-22-21-29(7-4-2)31(33)32(30)34/h19,21-27H,3-18,20H2,1-2H3. The first-order valence-corrected chi connectivity index (χ1v) is 15.1. The Kier molecular flexibility index (Phi) is 9.99. The lowest BCUT2D eigenvalue weighted by Crippen LogP contribution is -2.28. The first kappa shape index (κ1) is 26.2. The van der Waals surface area contributed by atoms with Crippen LogP contribution in [0.25, 0.3) is 5.57 Å². The molecule has 0 amide bonds. The minimum atomic E-state index is -0.196. The second kappa shape index (κ2) is 12.9. The minimum Gasteiger partial charge on any atom is -0.205 e. The van der Waals surface area contributed by atoms with E-state index >= 15 is 0 Å². The molecule has 3 aliphatic carbocycles. The van der Waals surface area contributed by atoms with Gasteiger partial charge < -0.3 is 0 Å². The van der Waals surface area contributed by atoms with Crippen molar-refractivity contribution < 1.29 is 4.39 Å². The van der Waals surface area contributed by atoms with E-state index in [4.69, 9.17) is 11.6 Å². The Morgan fingerprint density at radius 3 is 2.03 bits per heavy atom. The molecule has 190 valence electrons. The van der Waals surface area contributed by atoms with Gasteiger partial charge in [0.15, 0.2) is 0 Å². The molecule has 1 atom stereocenters. The summed E-state index contributed by atoms with van der Waals surface area (Å²) >= 11 is 6.36. The van der Waals surface area contributed by atoms with Crippen molar-refractivity contribution in [2.24, 2.45) is 29.6 Å². The molecule has 0 nitrogen and oxygen atoms in total. The molecule has 0 saturated heterocycles. The van der Waals surface area contributed by atoms with Gasteiger partial charge in [0, 0.05) is 5.56 Å². The number of halogens is 2. The summed E-state index contributed by atoms with van der Waals surface area (Å²) in [4.78, 5) is 0. The smallest absolute Gasteiger partial charge is 0.149 e. The van der Waals surface area contributed by atoms with Gasteiger partial charge in [-0.05, 0) is 105 Å². The number of hydrogen-bond acceptors (Lipinski definition) is 0. The maximum absolute atomic E-state index is 15.0. The lowest BCUT2D eigenvalue weighted by atomic mass is 9.65. The SMILES string of the molecule is CCCCCC1CCC(C2CCC(C3CC=C(c4ccc(CCC)c(Cl)c4F)CC3)CC2)CC1. The van der Waals surface area contributed by atoms with Gasteiger partial charge in [-0.3, -0.25) is 0 Å². The molecular weight excluding hydrogens is 439 g/mol. The predicted molar refractivity (Wildman–Crippen MR) is 146 cm³/mol. The van der Waals surface area contributed by atoms with Crippen molar-refractivity contribution in [1.29, 1.82) is 0 Å². The van der Waals surface area contributed by atoms with E-state index in [0.717, 1.165) is 66.4 Å². The molecule has 0 spiro atoms. The largest absolute Gasteiger partial charge is 0.205 e. The summed E-state index contributed by atoms with van der Waals surface area (Å²) in [5.41, 5.74) is 2.88. The fraction of sp³-hybridized carbons (Fsp3) is 0.750. The Morgan fingerprint density at radius 2 is 1.44 bits per heavy atom. The highest BCUT2D eigenvalue weighted by molar-refractivity contribution is 6.31. The Hall–Kier alpha value is -0.820. The van der Waals surface area contributed by atoms with Gasteiger partial charge in [0.25, 0.3) is 0 Å². The van der Waals surface area contributed by atoms with Crippen molar-refractivity contribution in [3.05, 3.63) is 40.2 Å². The summed E-state index contributed by atoms with van der Waals surface area (Å²) < 4.78 is 15.0. The van der Waals surface area contributed by atoms with E-state index in [9.17, 15) is 4.39 Å². The molecule has 1 unspecified atom stereocenters. The average Bonchev–Trinajstić information content (AvgIpc) is 2.88. The summed E-state index contributed by atoms with van der Waals surface area (Å²) in [7, 11) is 0. The number of benzene rings is 1. The zero-order chi connectivity index (χ0) is 23.9. The summed E-state index contributed by atoms with van der Waals surface area (Å²) in [6.45, 7) is 4.43.